The topological polar surface area (TPSA) is 51.0 Å². The summed E-state index contributed by atoms with van der Waals surface area (Å²) in [5.74, 6) is 0.905. The van der Waals surface area contributed by atoms with Crippen molar-refractivity contribution in [3.63, 3.8) is 0 Å². The van der Waals surface area contributed by atoms with E-state index in [1.54, 1.807) is 13.1 Å². The third-order valence-corrected chi connectivity index (χ3v) is 4.11. The summed E-state index contributed by atoms with van der Waals surface area (Å²) >= 11 is 1.52. The quantitative estimate of drug-likeness (QED) is 0.560. The van der Waals surface area contributed by atoms with E-state index in [9.17, 15) is 13.2 Å². The van der Waals surface area contributed by atoms with Crippen LogP contribution in [-0.2, 0) is 12.6 Å². The molecule has 0 aliphatic rings. The second-order valence-electron chi connectivity index (χ2n) is 5.04. The van der Waals surface area contributed by atoms with E-state index in [1.807, 2.05) is 0 Å². The Morgan fingerprint density at radius 1 is 1.25 bits per heavy atom. The largest absolute Gasteiger partial charge is 0.416 e. The lowest BCUT2D eigenvalue weighted by atomic mass is 10.2. The lowest BCUT2D eigenvalue weighted by Gasteiger charge is -2.06. The molecule has 1 aromatic carbocycles. The van der Waals surface area contributed by atoms with Crippen molar-refractivity contribution in [2.75, 3.05) is 5.75 Å². The van der Waals surface area contributed by atoms with Gasteiger partial charge >= 0.3 is 6.18 Å². The number of hydrogen-bond donors (Lipinski definition) is 0. The van der Waals surface area contributed by atoms with Crippen molar-refractivity contribution in [3.05, 3.63) is 41.2 Å². The Hall–Kier alpha value is -1.96. The van der Waals surface area contributed by atoms with E-state index >= 15 is 0 Å². The summed E-state index contributed by atoms with van der Waals surface area (Å²) in [5, 5.41) is 8.68. The van der Waals surface area contributed by atoms with Gasteiger partial charge in [0, 0.05) is 18.4 Å². The summed E-state index contributed by atoms with van der Waals surface area (Å²) in [6.45, 7) is 3.86. The average molecular weight is 354 g/mol. The van der Waals surface area contributed by atoms with Crippen LogP contribution in [0.5, 0.6) is 0 Å². The molecule has 4 nitrogen and oxygen atoms in total. The van der Waals surface area contributed by atoms with Crippen LogP contribution in [0.25, 0.3) is 0 Å². The Labute approximate surface area is 142 Å². The maximum absolute atomic E-state index is 12.7. The zero-order chi connectivity index (χ0) is 17.6. The number of benzene rings is 1. The summed E-state index contributed by atoms with van der Waals surface area (Å²) < 4.78 is 38.0. The van der Waals surface area contributed by atoms with Gasteiger partial charge in [0.25, 0.3) is 0 Å². The molecule has 8 heteroatoms. The third kappa shape index (κ3) is 5.30. The summed E-state index contributed by atoms with van der Waals surface area (Å²) in [4.78, 5) is 8.50. The van der Waals surface area contributed by atoms with Gasteiger partial charge in [0.1, 0.15) is 0 Å². The fourth-order valence-corrected chi connectivity index (χ4v) is 2.50. The number of rotatable bonds is 6. The van der Waals surface area contributed by atoms with Crippen LogP contribution in [0.1, 0.15) is 30.3 Å². The summed E-state index contributed by atoms with van der Waals surface area (Å²) in [6.07, 6.45) is -1.43. The van der Waals surface area contributed by atoms with Crippen LogP contribution in [0.2, 0.25) is 0 Å². The van der Waals surface area contributed by atoms with E-state index in [4.69, 9.17) is 0 Å². The molecule has 1 heterocycles. The van der Waals surface area contributed by atoms with Gasteiger partial charge in [0.2, 0.25) is 5.16 Å². The normalized spacial score (nSPS) is 12.0. The Bertz CT molecular complexity index is 717. The number of halogens is 3. The highest BCUT2D eigenvalue weighted by Crippen LogP contribution is 2.31. The van der Waals surface area contributed by atoms with Gasteiger partial charge in [-0.15, -0.1) is 5.10 Å². The SMILES string of the molecule is CCCSc1nnc(C)c(CC=Nc2cccc(C(F)(F)F)c2)n1. The van der Waals surface area contributed by atoms with Crippen LogP contribution in [0.4, 0.5) is 18.9 Å². The molecule has 0 amide bonds. The van der Waals surface area contributed by atoms with Crippen LogP contribution in [0.15, 0.2) is 34.4 Å². The van der Waals surface area contributed by atoms with Crippen molar-refractivity contribution in [2.45, 2.75) is 38.0 Å². The smallest absolute Gasteiger partial charge is 0.261 e. The molecule has 0 radical (unpaired) electrons. The number of aromatic nitrogens is 3. The van der Waals surface area contributed by atoms with Gasteiger partial charge in [-0.1, -0.05) is 24.8 Å². The summed E-state index contributed by atoms with van der Waals surface area (Å²) in [6, 6.07) is 4.91. The molecular weight excluding hydrogens is 337 g/mol. The zero-order valence-corrected chi connectivity index (χ0v) is 14.2. The van der Waals surface area contributed by atoms with E-state index in [1.165, 1.54) is 23.9 Å². The van der Waals surface area contributed by atoms with Crippen molar-refractivity contribution in [1.82, 2.24) is 15.2 Å². The molecule has 1 aromatic heterocycles. The highest BCUT2D eigenvalue weighted by atomic mass is 32.2. The fourth-order valence-electron chi connectivity index (χ4n) is 1.84. The van der Waals surface area contributed by atoms with Crippen molar-refractivity contribution in [2.24, 2.45) is 4.99 Å². The van der Waals surface area contributed by atoms with Gasteiger partial charge in [-0.2, -0.15) is 18.3 Å². The molecule has 0 unspecified atom stereocenters. The van der Waals surface area contributed by atoms with Gasteiger partial charge in [-0.3, -0.25) is 4.99 Å². The molecular formula is C16H17F3N4S. The van der Waals surface area contributed by atoms with Crippen LogP contribution in [0, 0.1) is 6.92 Å². The highest BCUT2D eigenvalue weighted by molar-refractivity contribution is 7.99. The molecule has 0 bridgehead atoms. The molecule has 2 rings (SSSR count). The van der Waals surface area contributed by atoms with Crippen molar-refractivity contribution in [1.29, 1.82) is 0 Å². The Morgan fingerprint density at radius 2 is 2.04 bits per heavy atom. The predicted octanol–water partition coefficient (Wildman–Crippen LogP) is 4.65. The molecule has 0 aliphatic carbocycles. The lowest BCUT2D eigenvalue weighted by Crippen LogP contribution is -2.04. The van der Waals surface area contributed by atoms with Gasteiger partial charge in [-0.05, 0) is 31.5 Å². The zero-order valence-electron chi connectivity index (χ0n) is 13.3. The van der Waals surface area contributed by atoms with Crippen molar-refractivity contribution < 1.29 is 13.2 Å². The van der Waals surface area contributed by atoms with Crippen LogP contribution < -0.4 is 0 Å². The van der Waals surface area contributed by atoms with E-state index < -0.39 is 11.7 Å². The fraction of sp³-hybridized carbons (Fsp3) is 0.375. The molecule has 0 N–H and O–H groups in total. The monoisotopic (exact) mass is 354 g/mol. The first-order valence-electron chi connectivity index (χ1n) is 7.43. The van der Waals surface area contributed by atoms with Gasteiger partial charge in [0.05, 0.1) is 22.6 Å². The first kappa shape index (κ1) is 18.4. The number of aliphatic imine (C=N–C) groups is 1. The Balaban J connectivity index is 2.09. The number of alkyl halides is 3. The molecule has 0 fully saturated rings. The minimum absolute atomic E-state index is 0.255. The first-order valence-corrected chi connectivity index (χ1v) is 8.41. The van der Waals surface area contributed by atoms with Gasteiger partial charge in [-0.25, -0.2) is 4.98 Å². The molecule has 0 aliphatic heterocycles. The summed E-state index contributed by atoms with van der Waals surface area (Å²) in [7, 11) is 0. The maximum Gasteiger partial charge on any atom is 0.416 e. The van der Waals surface area contributed by atoms with E-state index in [0.29, 0.717) is 17.3 Å². The Morgan fingerprint density at radius 3 is 2.75 bits per heavy atom. The number of nitrogens with zero attached hydrogens (tertiary/aromatic N) is 4. The second-order valence-corrected chi connectivity index (χ2v) is 6.10. The average Bonchev–Trinajstić information content (AvgIpc) is 2.55. The number of aryl methyl sites for hydroxylation is 1. The molecule has 2 aromatic rings. The number of thioether (sulfide) groups is 1. The molecule has 0 saturated heterocycles. The predicted molar refractivity (Wildman–Crippen MR) is 88.9 cm³/mol. The van der Waals surface area contributed by atoms with Crippen LogP contribution >= 0.6 is 11.8 Å². The van der Waals surface area contributed by atoms with E-state index in [0.717, 1.165) is 30.0 Å². The standard InChI is InChI=1S/C16H17F3N4S/c1-3-9-24-15-21-14(11(2)22-23-15)7-8-20-13-6-4-5-12(10-13)16(17,18)19/h4-6,8,10H,3,7,9H2,1-2H3. The molecule has 0 spiro atoms. The Kier molecular flexibility index (Phi) is 6.30. The molecule has 0 saturated carbocycles. The number of hydrogen-bond acceptors (Lipinski definition) is 5. The lowest BCUT2D eigenvalue weighted by molar-refractivity contribution is -0.137. The molecule has 128 valence electrons. The minimum Gasteiger partial charge on any atom is -0.261 e. The molecule has 24 heavy (non-hydrogen) atoms. The summed E-state index contributed by atoms with van der Waals surface area (Å²) in [5.41, 5.74) is 0.950. The maximum atomic E-state index is 12.7. The third-order valence-electron chi connectivity index (χ3n) is 3.07. The van der Waals surface area contributed by atoms with Crippen molar-refractivity contribution in [3.8, 4) is 0 Å². The van der Waals surface area contributed by atoms with E-state index in [-0.39, 0.29) is 5.69 Å². The second kappa shape index (κ2) is 8.23. The highest BCUT2D eigenvalue weighted by Gasteiger charge is 2.30. The first-order chi connectivity index (χ1) is 11.4. The van der Waals surface area contributed by atoms with E-state index in [2.05, 4.69) is 27.1 Å². The van der Waals surface area contributed by atoms with Gasteiger partial charge in [0.15, 0.2) is 0 Å². The van der Waals surface area contributed by atoms with Gasteiger partial charge < -0.3 is 0 Å². The molecule has 0 atom stereocenters. The minimum atomic E-state index is -4.37. The van der Waals surface area contributed by atoms with Crippen LogP contribution in [-0.4, -0.2) is 27.1 Å². The van der Waals surface area contributed by atoms with Crippen molar-refractivity contribution >= 4 is 23.7 Å². The van der Waals surface area contributed by atoms with Crippen LogP contribution in [0.3, 0.4) is 0 Å².